The van der Waals surface area contributed by atoms with E-state index in [1.807, 2.05) is 12.1 Å². The molecule has 0 spiro atoms. The second kappa shape index (κ2) is 6.54. The molecule has 2 aromatic heterocycles. The zero-order valence-electron chi connectivity index (χ0n) is 14.0. The Morgan fingerprint density at radius 2 is 1.91 bits per heavy atom. The molecule has 0 aliphatic heterocycles. The fourth-order valence-corrected chi connectivity index (χ4v) is 3.66. The average Bonchev–Trinajstić information content (AvgIpc) is 2.85. The summed E-state index contributed by atoms with van der Waals surface area (Å²) in [6, 6.07) is 8.16. The van der Waals surface area contributed by atoms with Gasteiger partial charge in [0.15, 0.2) is 0 Å². The maximum absolute atomic E-state index is 6.09. The van der Waals surface area contributed by atoms with Crippen LogP contribution in [-0.2, 0) is 0 Å². The first-order valence-electron chi connectivity index (χ1n) is 7.87. The molecular weight excluding hydrogens is 306 g/mol. The van der Waals surface area contributed by atoms with Crippen LogP contribution < -0.4 is 9.64 Å². The SMILES string of the molecule is CCN(CC)c1cccc(Oc2ncnc3sc(C)c(C)c23)c1. The smallest absolute Gasteiger partial charge is 0.231 e. The number of ether oxygens (including phenoxy) is 1. The van der Waals surface area contributed by atoms with Crippen LogP contribution >= 0.6 is 11.3 Å². The Hall–Kier alpha value is -2.14. The molecule has 23 heavy (non-hydrogen) atoms. The number of nitrogens with zero attached hydrogens (tertiary/aromatic N) is 3. The van der Waals surface area contributed by atoms with Crippen molar-refractivity contribution in [3.8, 4) is 11.6 Å². The molecule has 0 aliphatic carbocycles. The van der Waals surface area contributed by atoms with Crippen molar-refractivity contribution in [1.29, 1.82) is 0 Å². The Morgan fingerprint density at radius 1 is 1.13 bits per heavy atom. The molecule has 0 fully saturated rings. The van der Waals surface area contributed by atoms with Crippen molar-refractivity contribution in [2.45, 2.75) is 27.7 Å². The van der Waals surface area contributed by atoms with E-state index in [9.17, 15) is 0 Å². The lowest BCUT2D eigenvalue weighted by molar-refractivity contribution is 0.468. The number of hydrogen-bond donors (Lipinski definition) is 0. The maximum Gasteiger partial charge on any atom is 0.231 e. The lowest BCUT2D eigenvalue weighted by Gasteiger charge is -2.21. The predicted octanol–water partition coefficient (Wildman–Crippen LogP) is 4.95. The molecule has 3 aromatic rings. The molecule has 3 rings (SSSR count). The molecule has 0 unspecified atom stereocenters. The number of aromatic nitrogens is 2. The van der Waals surface area contributed by atoms with Crippen LogP contribution in [0, 0.1) is 13.8 Å². The molecule has 0 aliphatic rings. The highest BCUT2D eigenvalue weighted by molar-refractivity contribution is 7.18. The van der Waals surface area contributed by atoms with Gasteiger partial charge in [-0.25, -0.2) is 9.97 Å². The van der Waals surface area contributed by atoms with Gasteiger partial charge in [-0.15, -0.1) is 11.3 Å². The van der Waals surface area contributed by atoms with Crippen molar-refractivity contribution in [3.63, 3.8) is 0 Å². The number of rotatable bonds is 5. The fraction of sp³-hybridized carbons (Fsp3) is 0.333. The second-order valence-corrected chi connectivity index (χ2v) is 6.62. The van der Waals surface area contributed by atoms with Crippen molar-refractivity contribution in [1.82, 2.24) is 9.97 Å². The zero-order chi connectivity index (χ0) is 16.4. The summed E-state index contributed by atoms with van der Waals surface area (Å²) in [5, 5.41) is 1.02. The van der Waals surface area contributed by atoms with Gasteiger partial charge in [-0.05, 0) is 45.4 Å². The Labute approximate surface area is 140 Å². The zero-order valence-corrected chi connectivity index (χ0v) is 14.8. The molecular formula is C18H21N3OS. The summed E-state index contributed by atoms with van der Waals surface area (Å²) in [7, 11) is 0. The van der Waals surface area contributed by atoms with Gasteiger partial charge in [-0.1, -0.05) is 6.07 Å². The van der Waals surface area contributed by atoms with Crippen LogP contribution in [-0.4, -0.2) is 23.1 Å². The van der Waals surface area contributed by atoms with Gasteiger partial charge in [-0.2, -0.15) is 0 Å². The van der Waals surface area contributed by atoms with E-state index in [2.05, 4.69) is 54.7 Å². The summed E-state index contributed by atoms with van der Waals surface area (Å²) >= 11 is 1.68. The Bertz CT molecular complexity index is 824. The molecule has 0 amide bonds. The summed E-state index contributed by atoms with van der Waals surface area (Å²) in [6.07, 6.45) is 1.57. The van der Waals surface area contributed by atoms with Gasteiger partial charge in [0.05, 0.1) is 5.39 Å². The Kier molecular flexibility index (Phi) is 4.48. The van der Waals surface area contributed by atoms with Gasteiger partial charge in [0.2, 0.25) is 5.88 Å². The molecule has 0 bridgehead atoms. The largest absolute Gasteiger partial charge is 0.438 e. The van der Waals surface area contributed by atoms with Crippen molar-refractivity contribution in [3.05, 3.63) is 41.0 Å². The summed E-state index contributed by atoms with van der Waals surface area (Å²) in [4.78, 5) is 13.2. The Balaban J connectivity index is 1.98. The molecule has 120 valence electrons. The highest BCUT2D eigenvalue weighted by Crippen LogP contribution is 2.36. The van der Waals surface area contributed by atoms with E-state index in [1.165, 1.54) is 10.4 Å². The third-order valence-corrected chi connectivity index (χ3v) is 5.21. The molecule has 0 N–H and O–H groups in total. The van der Waals surface area contributed by atoms with Gasteiger partial charge < -0.3 is 9.64 Å². The lowest BCUT2D eigenvalue weighted by Crippen LogP contribution is -2.21. The summed E-state index contributed by atoms with van der Waals surface area (Å²) < 4.78 is 6.09. The molecule has 5 heteroatoms. The van der Waals surface area contributed by atoms with Crippen molar-refractivity contribution < 1.29 is 4.74 Å². The molecule has 0 saturated carbocycles. The van der Waals surface area contributed by atoms with E-state index < -0.39 is 0 Å². The van der Waals surface area contributed by atoms with Gasteiger partial charge in [0, 0.05) is 29.7 Å². The number of hydrogen-bond acceptors (Lipinski definition) is 5. The minimum atomic E-state index is 0.633. The first-order valence-corrected chi connectivity index (χ1v) is 8.69. The van der Waals surface area contributed by atoms with Gasteiger partial charge in [-0.3, -0.25) is 0 Å². The third-order valence-electron chi connectivity index (χ3n) is 4.09. The Morgan fingerprint density at radius 3 is 2.65 bits per heavy atom. The van der Waals surface area contributed by atoms with Crippen LogP contribution in [0.2, 0.25) is 0 Å². The first-order chi connectivity index (χ1) is 11.1. The fourth-order valence-electron chi connectivity index (χ4n) is 2.67. The molecule has 0 radical (unpaired) electrons. The molecule has 2 heterocycles. The van der Waals surface area contributed by atoms with E-state index in [-0.39, 0.29) is 0 Å². The van der Waals surface area contributed by atoms with Gasteiger partial charge >= 0.3 is 0 Å². The van der Waals surface area contributed by atoms with Crippen LogP contribution in [0.5, 0.6) is 11.6 Å². The molecule has 1 aromatic carbocycles. The summed E-state index contributed by atoms with van der Waals surface area (Å²) in [6.45, 7) is 10.5. The molecule has 4 nitrogen and oxygen atoms in total. The minimum Gasteiger partial charge on any atom is -0.438 e. The van der Waals surface area contributed by atoms with Crippen molar-refractivity contribution in [2.75, 3.05) is 18.0 Å². The molecule has 0 saturated heterocycles. The summed E-state index contributed by atoms with van der Waals surface area (Å²) in [5.41, 5.74) is 2.36. The predicted molar refractivity (Wildman–Crippen MR) is 97.0 cm³/mol. The topological polar surface area (TPSA) is 38.2 Å². The van der Waals surface area contributed by atoms with E-state index in [1.54, 1.807) is 17.7 Å². The standard InChI is InChI=1S/C18H21N3OS/c1-5-21(6-2)14-8-7-9-15(10-14)22-17-16-12(3)13(4)23-18(16)20-11-19-17/h7-11H,5-6H2,1-4H3. The van der Waals surface area contributed by atoms with Crippen molar-refractivity contribution >= 4 is 27.2 Å². The van der Waals surface area contributed by atoms with E-state index in [0.29, 0.717) is 5.88 Å². The van der Waals surface area contributed by atoms with Gasteiger partial charge in [0.1, 0.15) is 16.9 Å². The van der Waals surface area contributed by atoms with E-state index in [0.717, 1.165) is 34.7 Å². The van der Waals surface area contributed by atoms with Crippen molar-refractivity contribution in [2.24, 2.45) is 0 Å². The van der Waals surface area contributed by atoms with Crippen LogP contribution in [0.3, 0.4) is 0 Å². The lowest BCUT2D eigenvalue weighted by atomic mass is 10.2. The van der Waals surface area contributed by atoms with Crippen LogP contribution in [0.4, 0.5) is 5.69 Å². The minimum absolute atomic E-state index is 0.633. The highest BCUT2D eigenvalue weighted by Gasteiger charge is 2.14. The number of thiophene rings is 1. The van der Waals surface area contributed by atoms with Gasteiger partial charge in [0.25, 0.3) is 0 Å². The number of anilines is 1. The second-order valence-electron chi connectivity index (χ2n) is 5.41. The number of benzene rings is 1. The number of aryl methyl sites for hydroxylation is 2. The molecule has 0 atom stereocenters. The monoisotopic (exact) mass is 327 g/mol. The highest BCUT2D eigenvalue weighted by atomic mass is 32.1. The van der Waals surface area contributed by atoms with E-state index >= 15 is 0 Å². The van der Waals surface area contributed by atoms with Crippen LogP contribution in [0.25, 0.3) is 10.2 Å². The first kappa shape index (κ1) is 15.7. The average molecular weight is 327 g/mol. The van der Waals surface area contributed by atoms with Crippen LogP contribution in [0.1, 0.15) is 24.3 Å². The third kappa shape index (κ3) is 3.01. The summed E-state index contributed by atoms with van der Waals surface area (Å²) in [5.74, 6) is 1.44. The van der Waals surface area contributed by atoms with Crippen LogP contribution in [0.15, 0.2) is 30.6 Å². The van der Waals surface area contributed by atoms with E-state index in [4.69, 9.17) is 4.74 Å². The number of fused-ring (bicyclic) bond motifs is 1. The normalized spacial score (nSPS) is 11.0. The quantitative estimate of drug-likeness (QED) is 0.665. The maximum atomic E-state index is 6.09.